The minimum Gasteiger partial charge on any atom is -0.381 e. The number of halogens is 1. The van der Waals surface area contributed by atoms with Crippen LogP contribution in [-0.2, 0) is 6.54 Å². The van der Waals surface area contributed by atoms with Crippen LogP contribution < -0.4 is 5.32 Å². The van der Waals surface area contributed by atoms with Gasteiger partial charge in [-0.15, -0.1) is 0 Å². The summed E-state index contributed by atoms with van der Waals surface area (Å²) < 4.78 is 0. The molecule has 0 bridgehead atoms. The first-order chi connectivity index (χ1) is 10.8. The molecule has 1 N–H and O–H groups in total. The van der Waals surface area contributed by atoms with E-state index >= 15 is 0 Å². The van der Waals surface area contributed by atoms with Gasteiger partial charge in [0.15, 0.2) is 0 Å². The van der Waals surface area contributed by atoms with Crippen LogP contribution in [0.25, 0.3) is 0 Å². The van der Waals surface area contributed by atoms with E-state index in [1.54, 1.807) is 0 Å². The van der Waals surface area contributed by atoms with Crippen molar-refractivity contribution >= 4 is 17.3 Å². The fourth-order valence-electron chi connectivity index (χ4n) is 3.27. The largest absolute Gasteiger partial charge is 0.381 e. The summed E-state index contributed by atoms with van der Waals surface area (Å²) in [6.45, 7) is 0.841. The molecule has 1 heterocycles. The third kappa shape index (κ3) is 2.28. The Hall–Kier alpha value is -2.25. The number of hydrogen-bond donors (Lipinski definition) is 1. The normalized spacial score (nSPS) is 16.1. The minimum absolute atomic E-state index is 0.209. The van der Waals surface area contributed by atoms with Gasteiger partial charge in [-0.25, -0.2) is 0 Å². The van der Waals surface area contributed by atoms with E-state index in [1.807, 2.05) is 6.07 Å². The van der Waals surface area contributed by atoms with Crippen molar-refractivity contribution in [3.05, 3.63) is 100 Å². The highest BCUT2D eigenvalue weighted by molar-refractivity contribution is 6.30. The standard InChI is InChI=1S/C20H16ClN/c21-16-10-11-19-18(12-16)20(14-6-2-1-3-7-14)17-9-5-4-8-15(17)13-22-19/h1-12,20,22H,13H2. The molecule has 3 aromatic carbocycles. The van der Waals surface area contributed by atoms with Gasteiger partial charge in [-0.2, -0.15) is 0 Å². The number of rotatable bonds is 1. The van der Waals surface area contributed by atoms with Crippen LogP contribution in [0.4, 0.5) is 5.69 Å². The average molecular weight is 306 g/mol. The third-order valence-electron chi connectivity index (χ3n) is 4.29. The molecule has 0 amide bonds. The molecule has 0 spiro atoms. The minimum atomic E-state index is 0.209. The lowest BCUT2D eigenvalue weighted by molar-refractivity contribution is 0.972. The van der Waals surface area contributed by atoms with Crippen LogP contribution >= 0.6 is 11.6 Å². The molecule has 0 fully saturated rings. The molecule has 1 aliphatic heterocycles. The summed E-state index contributed by atoms with van der Waals surface area (Å²) in [5.41, 5.74) is 6.38. The van der Waals surface area contributed by atoms with E-state index in [0.29, 0.717) is 0 Å². The van der Waals surface area contributed by atoms with E-state index in [9.17, 15) is 0 Å². The van der Waals surface area contributed by atoms with Crippen molar-refractivity contribution in [1.29, 1.82) is 0 Å². The zero-order chi connectivity index (χ0) is 14.9. The third-order valence-corrected chi connectivity index (χ3v) is 4.53. The maximum absolute atomic E-state index is 6.28. The van der Waals surface area contributed by atoms with E-state index in [0.717, 1.165) is 17.3 Å². The van der Waals surface area contributed by atoms with Gasteiger partial charge in [-0.3, -0.25) is 0 Å². The molecule has 1 atom stereocenters. The quantitative estimate of drug-likeness (QED) is 0.630. The lowest BCUT2D eigenvalue weighted by Crippen LogP contribution is -2.04. The first kappa shape index (κ1) is 13.4. The maximum Gasteiger partial charge on any atom is 0.0410 e. The molecular formula is C20H16ClN. The SMILES string of the molecule is Clc1ccc2c(c1)C(c1ccccc1)c1ccccc1CN2. The molecule has 3 aromatic rings. The monoisotopic (exact) mass is 305 g/mol. The van der Waals surface area contributed by atoms with Crippen LogP contribution in [-0.4, -0.2) is 0 Å². The van der Waals surface area contributed by atoms with Crippen molar-refractivity contribution in [2.75, 3.05) is 5.32 Å². The Morgan fingerprint density at radius 3 is 2.45 bits per heavy atom. The zero-order valence-corrected chi connectivity index (χ0v) is 12.8. The highest BCUT2D eigenvalue weighted by Gasteiger charge is 2.24. The fraction of sp³-hybridized carbons (Fsp3) is 0.100. The Kier molecular flexibility index (Phi) is 3.36. The molecule has 2 heteroatoms. The first-order valence-corrected chi connectivity index (χ1v) is 7.87. The molecule has 4 rings (SSSR count). The summed E-state index contributed by atoms with van der Waals surface area (Å²) in [4.78, 5) is 0. The van der Waals surface area contributed by atoms with Crippen LogP contribution in [0, 0.1) is 0 Å². The number of anilines is 1. The summed E-state index contributed by atoms with van der Waals surface area (Å²) in [7, 11) is 0. The molecule has 1 nitrogen and oxygen atoms in total. The average Bonchev–Trinajstić information content (AvgIpc) is 2.72. The van der Waals surface area contributed by atoms with Gasteiger partial charge in [0.1, 0.15) is 0 Å². The summed E-state index contributed by atoms with van der Waals surface area (Å²) >= 11 is 6.28. The van der Waals surface area contributed by atoms with Gasteiger partial charge in [0.25, 0.3) is 0 Å². The van der Waals surface area contributed by atoms with Crippen LogP contribution in [0.5, 0.6) is 0 Å². The molecule has 1 aliphatic rings. The maximum atomic E-state index is 6.28. The second kappa shape index (κ2) is 5.51. The lowest BCUT2D eigenvalue weighted by atomic mass is 9.83. The second-order valence-electron chi connectivity index (χ2n) is 5.63. The Morgan fingerprint density at radius 2 is 1.59 bits per heavy atom. The summed E-state index contributed by atoms with van der Waals surface area (Å²) in [5.74, 6) is 0.209. The van der Waals surface area contributed by atoms with Crippen molar-refractivity contribution in [2.24, 2.45) is 0 Å². The predicted molar refractivity (Wildman–Crippen MR) is 92.6 cm³/mol. The highest BCUT2D eigenvalue weighted by atomic mass is 35.5. The second-order valence-corrected chi connectivity index (χ2v) is 6.06. The number of fused-ring (bicyclic) bond motifs is 2. The summed E-state index contributed by atoms with van der Waals surface area (Å²) in [5, 5.41) is 4.33. The molecule has 0 saturated carbocycles. The van der Waals surface area contributed by atoms with Gasteiger partial charge in [0, 0.05) is 23.2 Å². The van der Waals surface area contributed by atoms with E-state index in [2.05, 4.69) is 72.0 Å². The lowest BCUT2D eigenvalue weighted by Gasteiger charge is -2.20. The molecule has 1 unspecified atom stereocenters. The Bertz CT molecular complexity index is 811. The Morgan fingerprint density at radius 1 is 0.818 bits per heavy atom. The van der Waals surface area contributed by atoms with Gasteiger partial charge >= 0.3 is 0 Å². The van der Waals surface area contributed by atoms with Crippen LogP contribution in [0.2, 0.25) is 5.02 Å². The van der Waals surface area contributed by atoms with Crippen molar-refractivity contribution < 1.29 is 0 Å². The van der Waals surface area contributed by atoms with Gasteiger partial charge in [0.05, 0.1) is 0 Å². The highest BCUT2D eigenvalue weighted by Crippen LogP contribution is 2.41. The summed E-state index contributed by atoms with van der Waals surface area (Å²) in [6, 6.07) is 25.4. The smallest absolute Gasteiger partial charge is 0.0410 e. The van der Waals surface area contributed by atoms with Crippen molar-refractivity contribution in [2.45, 2.75) is 12.5 Å². The van der Waals surface area contributed by atoms with Gasteiger partial charge in [-0.05, 0) is 40.5 Å². The molecule has 0 saturated heterocycles. The van der Waals surface area contributed by atoms with Crippen LogP contribution in [0.15, 0.2) is 72.8 Å². The van der Waals surface area contributed by atoms with Crippen LogP contribution in [0.3, 0.4) is 0 Å². The molecule has 108 valence electrons. The topological polar surface area (TPSA) is 12.0 Å². The van der Waals surface area contributed by atoms with E-state index in [-0.39, 0.29) is 5.92 Å². The molecule has 0 radical (unpaired) electrons. The van der Waals surface area contributed by atoms with Crippen LogP contribution in [0.1, 0.15) is 28.2 Å². The molecular weight excluding hydrogens is 290 g/mol. The van der Waals surface area contributed by atoms with Crippen molar-refractivity contribution in [3.8, 4) is 0 Å². The van der Waals surface area contributed by atoms with Gasteiger partial charge < -0.3 is 5.32 Å². The van der Waals surface area contributed by atoms with Crippen molar-refractivity contribution in [1.82, 2.24) is 0 Å². The Labute approximate surface area is 135 Å². The van der Waals surface area contributed by atoms with E-state index in [1.165, 1.54) is 22.3 Å². The molecule has 0 aromatic heterocycles. The predicted octanol–water partition coefficient (Wildman–Crippen LogP) is 5.45. The Balaban J connectivity index is 2.00. The summed E-state index contributed by atoms with van der Waals surface area (Å²) in [6.07, 6.45) is 0. The van der Waals surface area contributed by atoms with Crippen molar-refractivity contribution in [3.63, 3.8) is 0 Å². The van der Waals surface area contributed by atoms with Gasteiger partial charge in [0.2, 0.25) is 0 Å². The zero-order valence-electron chi connectivity index (χ0n) is 12.1. The van der Waals surface area contributed by atoms with E-state index in [4.69, 9.17) is 11.6 Å². The molecule has 0 aliphatic carbocycles. The first-order valence-electron chi connectivity index (χ1n) is 7.49. The fourth-order valence-corrected chi connectivity index (χ4v) is 3.45. The van der Waals surface area contributed by atoms with Gasteiger partial charge in [-0.1, -0.05) is 66.2 Å². The number of benzene rings is 3. The molecule has 22 heavy (non-hydrogen) atoms. The number of hydrogen-bond acceptors (Lipinski definition) is 1. The number of nitrogens with one attached hydrogen (secondary N) is 1. The van der Waals surface area contributed by atoms with E-state index < -0.39 is 0 Å².